The lowest BCUT2D eigenvalue weighted by Crippen LogP contribution is -2.56. The highest BCUT2D eigenvalue weighted by Gasteiger charge is 2.34. The van der Waals surface area contributed by atoms with E-state index < -0.39 is 9.96 Å². The van der Waals surface area contributed by atoms with E-state index in [1.807, 2.05) is 0 Å². The molecule has 0 spiro atoms. The maximum Gasteiger partial charge on any atom is 0.228 e. The Morgan fingerprint density at radius 1 is 1.07 bits per heavy atom. The minimum atomic E-state index is -1.80. The monoisotopic (exact) mass is 505 g/mol. The van der Waals surface area contributed by atoms with E-state index in [1.165, 1.54) is 19.3 Å². The van der Waals surface area contributed by atoms with E-state index in [2.05, 4.69) is 22.9 Å². The van der Waals surface area contributed by atoms with Crippen LogP contribution in [-0.4, -0.2) is 21.0 Å². The Morgan fingerprint density at radius 3 is 2.32 bits per heavy atom. The fourth-order valence-electron chi connectivity index (χ4n) is 2.38. The van der Waals surface area contributed by atoms with Gasteiger partial charge in [0.2, 0.25) is 9.70 Å². The summed E-state index contributed by atoms with van der Waals surface area (Å²) in [7, 11) is 0. The molecule has 0 fully saturated rings. The molecule has 0 radical (unpaired) electrons. The quantitative estimate of drug-likeness (QED) is 0.140. The number of hydrogen-bond acceptors (Lipinski definition) is 2. The zero-order chi connectivity index (χ0) is 21.2. The first-order valence-electron chi connectivity index (χ1n) is 9.02. The third-order valence-electron chi connectivity index (χ3n) is 3.84. The first-order valence-corrected chi connectivity index (χ1v) is 11.3. The average Bonchev–Trinajstić information content (AvgIpc) is 2.59. The maximum absolute atomic E-state index is 12.2. The molecule has 0 aliphatic rings. The Bertz CT molecular complexity index is 655. The smallest absolute Gasteiger partial charge is 0.228 e. The molecule has 0 saturated carbocycles. The summed E-state index contributed by atoms with van der Waals surface area (Å²) >= 11 is 35.2. The van der Waals surface area contributed by atoms with Crippen LogP contribution in [0, 0.1) is 0 Å². The van der Waals surface area contributed by atoms with Gasteiger partial charge in [0.05, 0.1) is 10.7 Å². The number of carbonyl (C=O) groups excluding carboxylic acids is 1. The highest BCUT2D eigenvalue weighted by Crippen LogP contribution is 2.30. The first-order chi connectivity index (χ1) is 13.1. The second-order valence-corrected chi connectivity index (χ2v) is 9.90. The van der Waals surface area contributed by atoms with E-state index >= 15 is 0 Å². The van der Waals surface area contributed by atoms with E-state index in [0.29, 0.717) is 22.2 Å². The molecule has 1 aromatic rings. The Hall–Kier alpha value is -0.170. The number of benzene rings is 1. The molecule has 4 nitrogen and oxygen atoms in total. The molecule has 0 bridgehead atoms. The highest BCUT2D eigenvalue weighted by atomic mass is 35.6. The van der Waals surface area contributed by atoms with Crippen LogP contribution in [0.15, 0.2) is 18.2 Å². The van der Waals surface area contributed by atoms with Gasteiger partial charge in [0.1, 0.15) is 6.17 Å². The zero-order valence-electron chi connectivity index (χ0n) is 15.5. The molecular formula is C18H24Cl5N3OS. The number of thiocarbonyl (C=S) groups is 1. The first kappa shape index (κ1) is 25.9. The standard InChI is InChI=1S/C18H24Cl5N3OS/c1-2-3-4-5-6-7-8-15(27)25-16(18(21,22)23)26-17(28)24-14-10-9-12(19)11-13(14)20/h9-11,16H,2-8H2,1H3,(H,25,27)(H2,24,26,28)/t16-/m1/s1. The van der Waals surface area contributed by atoms with Gasteiger partial charge in [0, 0.05) is 11.4 Å². The molecule has 10 heteroatoms. The molecule has 0 saturated heterocycles. The van der Waals surface area contributed by atoms with Crippen LogP contribution in [0.3, 0.4) is 0 Å². The third kappa shape index (κ3) is 10.6. The van der Waals surface area contributed by atoms with Gasteiger partial charge in [-0.15, -0.1) is 0 Å². The number of hydrogen-bond donors (Lipinski definition) is 3. The Labute approximate surface area is 196 Å². The largest absolute Gasteiger partial charge is 0.339 e. The van der Waals surface area contributed by atoms with Crippen LogP contribution in [0.1, 0.15) is 51.9 Å². The van der Waals surface area contributed by atoms with Crippen molar-refractivity contribution in [2.45, 2.75) is 61.8 Å². The van der Waals surface area contributed by atoms with Crippen molar-refractivity contribution >= 4 is 86.9 Å². The van der Waals surface area contributed by atoms with Crippen molar-refractivity contribution in [1.82, 2.24) is 10.6 Å². The van der Waals surface area contributed by atoms with Crippen molar-refractivity contribution in [3.8, 4) is 0 Å². The number of nitrogens with one attached hydrogen (secondary N) is 3. The molecule has 1 atom stereocenters. The molecule has 158 valence electrons. The van der Waals surface area contributed by atoms with Crippen molar-refractivity contribution in [2.75, 3.05) is 5.32 Å². The average molecular weight is 508 g/mol. The molecule has 0 unspecified atom stereocenters. The predicted molar refractivity (Wildman–Crippen MR) is 126 cm³/mol. The predicted octanol–water partition coefficient (Wildman–Crippen LogP) is 6.84. The van der Waals surface area contributed by atoms with Gasteiger partial charge in [-0.05, 0) is 36.8 Å². The zero-order valence-corrected chi connectivity index (χ0v) is 20.1. The molecule has 0 aliphatic carbocycles. The molecule has 1 rings (SSSR count). The number of anilines is 1. The summed E-state index contributed by atoms with van der Waals surface area (Å²) in [4.78, 5) is 12.2. The van der Waals surface area contributed by atoms with Gasteiger partial charge >= 0.3 is 0 Å². The second kappa shape index (κ2) is 13.2. The number of alkyl halides is 3. The number of carbonyl (C=O) groups is 1. The number of unbranched alkanes of at least 4 members (excludes halogenated alkanes) is 5. The van der Waals surface area contributed by atoms with Crippen LogP contribution < -0.4 is 16.0 Å². The summed E-state index contributed by atoms with van der Waals surface area (Å²) in [5.74, 6) is -0.216. The van der Waals surface area contributed by atoms with E-state index in [1.54, 1.807) is 18.2 Å². The maximum atomic E-state index is 12.2. The minimum Gasteiger partial charge on any atom is -0.339 e. The molecule has 1 aromatic carbocycles. The molecule has 0 aliphatic heterocycles. The topological polar surface area (TPSA) is 53.2 Å². The highest BCUT2D eigenvalue weighted by molar-refractivity contribution is 7.80. The summed E-state index contributed by atoms with van der Waals surface area (Å²) in [5.41, 5.74) is 0.532. The van der Waals surface area contributed by atoms with Crippen LogP contribution in [0.4, 0.5) is 5.69 Å². The van der Waals surface area contributed by atoms with Gasteiger partial charge in [0.15, 0.2) is 5.11 Å². The summed E-state index contributed by atoms with van der Waals surface area (Å²) in [5, 5.41) is 9.38. The Kier molecular flexibility index (Phi) is 12.2. The van der Waals surface area contributed by atoms with Crippen molar-refractivity contribution in [1.29, 1.82) is 0 Å². The van der Waals surface area contributed by atoms with Gasteiger partial charge in [0.25, 0.3) is 0 Å². The minimum absolute atomic E-state index is 0.139. The van der Waals surface area contributed by atoms with E-state index in [4.69, 9.17) is 70.2 Å². The van der Waals surface area contributed by atoms with Crippen LogP contribution >= 0.6 is 70.2 Å². The summed E-state index contributed by atoms with van der Waals surface area (Å²) in [6.45, 7) is 2.16. The Morgan fingerprint density at radius 2 is 1.71 bits per heavy atom. The number of halogens is 5. The van der Waals surface area contributed by atoms with Gasteiger partial charge < -0.3 is 16.0 Å². The van der Waals surface area contributed by atoms with Crippen molar-refractivity contribution in [3.63, 3.8) is 0 Å². The fraction of sp³-hybridized carbons (Fsp3) is 0.556. The normalized spacial score (nSPS) is 12.4. The van der Waals surface area contributed by atoms with Crippen molar-refractivity contribution in [3.05, 3.63) is 28.2 Å². The van der Waals surface area contributed by atoms with Crippen LogP contribution in [0.25, 0.3) is 0 Å². The van der Waals surface area contributed by atoms with E-state index in [9.17, 15) is 4.79 Å². The van der Waals surface area contributed by atoms with Crippen LogP contribution in [-0.2, 0) is 4.79 Å². The lowest BCUT2D eigenvalue weighted by molar-refractivity contribution is -0.122. The molecule has 28 heavy (non-hydrogen) atoms. The van der Waals surface area contributed by atoms with E-state index in [-0.39, 0.29) is 11.0 Å². The molecule has 3 N–H and O–H groups in total. The molecular weight excluding hydrogens is 484 g/mol. The summed E-state index contributed by atoms with van der Waals surface area (Å²) in [6, 6.07) is 4.90. The van der Waals surface area contributed by atoms with Gasteiger partial charge in [-0.25, -0.2) is 0 Å². The SMILES string of the molecule is CCCCCCCCC(=O)N[C@H](NC(=S)Nc1ccc(Cl)cc1Cl)C(Cl)(Cl)Cl. The van der Waals surface area contributed by atoms with Crippen molar-refractivity contribution in [2.24, 2.45) is 0 Å². The van der Waals surface area contributed by atoms with E-state index in [0.717, 1.165) is 19.3 Å². The van der Waals surface area contributed by atoms with Crippen LogP contribution in [0.2, 0.25) is 10.0 Å². The van der Waals surface area contributed by atoms with Gasteiger partial charge in [-0.2, -0.15) is 0 Å². The van der Waals surface area contributed by atoms with Gasteiger partial charge in [-0.1, -0.05) is 97.0 Å². The second-order valence-electron chi connectivity index (χ2n) is 6.28. The fourth-order valence-corrected chi connectivity index (χ4v) is 3.39. The number of rotatable bonds is 10. The Balaban J connectivity index is 2.53. The third-order valence-corrected chi connectivity index (χ3v) is 5.27. The van der Waals surface area contributed by atoms with Crippen molar-refractivity contribution < 1.29 is 4.79 Å². The summed E-state index contributed by atoms with van der Waals surface area (Å²) < 4.78 is -1.80. The molecule has 0 heterocycles. The lowest BCUT2D eigenvalue weighted by Gasteiger charge is -2.28. The lowest BCUT2D eigenvalue weighted by atomic mass is 10.1. The van der Waals surface area contributed by atoms with Gasteiger partial charge in [-0.3, -0.25) is 4.79 Å². The molecule has 0 aromatic heterocycles. The number of amides is 1. The summed E-state index contributed by atoms with van der Waals surface area (Å²) in [6.07, 6.45) is 5.83. The molecule has 1 amide bonds. The van der Waals surface area contributed by atoms with Crippen LogP contribution in [0.5, 0.6) is 0 Å².